The summed E-state index contributed by atoms with van der Waals surface area (Å²) in [5.74, 6) is -0.0711. The highest BCUT2D eigenvalue weighted by atomic mass is 19.1. The SMILES string of the molecule is CN(C)C(C)(C)COc1cc(F)cc(C#N)c1. The van der Waals surface area contributed by atoms with Gasteiger partial charge in [-0.15, -0.1) is 0 Å². The quantitative estimate of drug-likeness (QED) is 0.805. The van der Waals surface area contributed by atoms with Crippen molar-refractivity contribution in [3.05, 3.63) is 29.6 Å². The topological polar surface area (TPSA) is 36.3 Å². The third-order valence-electron chi connectivity index (χ3n) is 2.80. The monoisotopic (exact) mass is 236 g/mol. The fraction of sp³-hybridized carbons (Fsp3) is 0.462. The maximum Gasteiger partial charge on any atom is 0.128 e. The summed E-state index contributed by atoms with van der Waals surface area (Å²) in [6.07, 6.45) is 0. The third-order valence-corrected chi connectivity index (χ3v) is 2.80. The minimum absolute atomic E-state index is 0.154. The van der Waals surface area contributed by atoms with Crippen LogP contribution in [-0.4, -0.2) is 31.1 Å². The molecule has 3 nitrogen and oxygen atoms in total. The number of nitrogens with zero attached hydrogens (tertiary/aromatic N) is 2. The second kappa shape index (κ2) is 5.15. The lowest BCUT2D eigenvalue weighted by Crippen LogP contribution is -2.43. The molecule has 0 radical (unpaired) electrons. The van der Waals surface area contributed by atoms with E-state index in [1.807, 2.05) is 38.9 Å². The van der Waals surface area contributed by atoms with Crippen molar-refractivity contribution in [2.24, 2.45) is 0 Å². The van der Waals surface area contributed by atoms with E-state index in [4.69, 9.17) is 10.00 Å². The number of hydrogen-bond donors (Lipinski definition) is 0. The second-order valence-corrected chi connectivity index (χ2v) is 4.78. The minimum Gasteiger partial charge on any atom is -0.492 e. The molecule has 0 aliphatic heterocycles. The molecule has 1 rings (SSSR count). The molecular weight excluding hydrogens is 219 g/mol. The maximum atomic E-state index is 13.2. The van der Waals surface area contributed by atoms with E-state index in [0.717, 1.165) is 0 Å². The zero-order valence-corrected chi connectivity index (χ0v) is 10.6. The van der Waals surface area contributed by atoms with Crippen LogP contribution in [0.15, 0.2) is 18.2 Å². The first-order chi connectivity index (χ1) is 7.85. The van der Waals surface area contributed by atoms with Crippen LogP contribution >= 0.6 is 0 Å². The Morgan fingerprint density at radius 2 is 2.00 bits per heavy atom. The van der Waals surface area contributed by atoms with E-state index in [1.165, 1.54) is 18.2 Å². The molecule has 0 spiro atoms. The fourth-order valence-electron chi connectivity index (χ4n) is 1.10. The lowest BCUT2D eigenvalue weighted by Gasteiger charge is -2.32. The zero-order chi connectivity index (χ0) is 13.1. The van der Waals surface area contributed by atoms with Gasteiger partial charge in [0.1, 0.15) is 18.2 Å². The smallest absolute Gasteiger partial charge is 0.128 e. The first-order valence-corrected chi connectivity index (χ1v) is 5.36. The summed E-state index contributed by atoms with van der Waals surface area (Å²) in [4.78, 5) is 2.03. The lowest BCUT2D eigenvalue weighted by molar-refractivity contribution is 0.114. The molecule has 1 aromatic carbocycles. The van der Waals surface area contributed by atoms with E-state index >= 15 is 0 Å². The highest BCUT2D eigenvalue weighted by Crippen LogP contribution is 2.18. The van der Waals surface area contributed by atoms with Crippen LogP contribution in [0.1, 0.15) is 19.4 Å². The van der Waals surface area contributed by atoms with Crippen molar-refractivity contribution in [2.45, 2.75) is 19.4 Å². The van der Waals surface area contributed by atoms with E-state index in [1.54, 1.807) is 0 Å². The molecular formula is C13H17FN2O. The Balaban J connectivity index is 2.77. The van der Waals surface area contributed by atoms with Gasteiger partial charge in [0.15, 0.2) is 0 Å². The molecule has 0 fully saturated rings. The predicted molar refractivity (Wildman–Crippen MR) is 64.4 cm³/mol. The van der Waals surface area contributed by atoms with Gasteiger partial charge in [-0.25, -0.2) is 4.39 Å². The van der Waals surface area contributed by atoms with Crippen LogP contribution in [0, 0.1) is 17.1 Å². The fourth-order valence-corrected chi connectivity index (χ4v) is 1.10. The predicted octanol–water partition coefficient (Wildman–Crippen LogP) is 2.42. The molecule has 0 bridgehead atoms. The molecule has 0 amide bonds. The molecule has 17 heavy (non-hydrogen) atoms. The largest absolute Gasteiger partial charge is 0.492 e. The van der Waals surface area contributed by atoms with Gasteiger partial charge in [0, 0.05) is 11.6 Å². The lowest BCUT2D eigenvalue weighted by atomic mass is 10.1. The van der Waals surface area contributed by atoms with Crippen LogP contribution in [0.4, 0.5) is 4.39 Å². The highest BCUT2D eigenvalue weighted by molar-refractivity contribution is 5.37. The van der Waals surface area contributed by atoms with E-state index in [9.17, 15) is 4.39 Å². The molecule has 0 aliphatic carbocycles. The second-order valence-electron chi connectivity index (χ2n) is 4.78. The zero-order valence-electron chi connectivity index (χ0n) is 10.6. The Bertz CT molecular complexity index is 436. The Hall–Kier alpha value is -1.60. The van der Waals surface area contributed by atoms with Crippen molar-refractivity contribution >= 4 is 0 Å². The standard InChI is InChI=1S/C13H17FN2O/c1-13(2,16(3)4)9-17-12-6-10(8-15)5-11(14)7-12/h5-7H,9H2,1-4H3. The average Bonchev–Trinajstić information content (AvgIpc) is 2.25. The number of benzene rings is 1. The highest BCUT2D eigenvalue weighted by Gasteiger charge is 2.21. The molecule has 0 unspecified atom stereocenters. The summed E-state index contributed by atoms with van der Waals surface area (Å²) >= 11 is 0. The molecule has 4 heteroatoms. The molecule has 1 aromatic rings. The number of nitriles is 1. The van der Waals surface area contributed by atoms with Gasteiger partial charge in [-0.1, -0.05) is 0 Å². The maximum absolute atomic E-state index is 13.2. The number of likely N-dealkylation sites (N-methyl/N-ethyl adjacent to an activating group) is 1. The van der Waals surface area contributed by atoms with Gasteiger partial charge in [-0.2, -0.15) is 5.26 Å². The number of rotatable bonds is 4. The number of ether oxygens (including phenoxy) is 1. The summed E-state index contributed by atoms with van der Waals surface area (Å²) < 4.78 is 18.7. The van der Waals surface area contributed by atoms with Crippen LogP contribution in [-0.2, 0) is 0 Å². The van der Waals surface area contributed by atoms with Crippen LogP contribution in [0.5, 0.6) is 5.75 Å². The van der Waals surface area contributed by atoms with Gasteiger partial charge in [0.25, 0.3) is 0 Å². The Labute approximate surface area is 101 Å². The van der Waals surface area contributed by atoms with E-state index in [2.05, 4.69) is 0 Å². The number of halogens is 1. The summed E-state index contributed by atoms with van der Waals surface area (Å²) in [5, 5.41) is 8.72. The molecule has 0 saturated heterocycles. The van der Waals surface area contributed by atoms with Crippen molar-refractivity contribution in [3.63, 3.8) is 0 Å². The Morgan fingerprint density at radius 3 is 2.53 bits per heavy atom. The molecule has 0 saturated carbocycles. The van der Waals surface area contributed by atoms with Gasteiger partial charge in [-0.3, -0.25) is 0 Å². The summed E-state index contributed by atoms with van der Waals surface area (Å²) in [5.41, 5.74) is 0.113. The summed E-state index contributed by atoms with van der Waals surface area (Å²) in [6, 6.07) is 5.90. The Morgan fingerprint density at radius 1 is 1.35 bits per heavy atom. The number of hydrogen-bond acceptors (Lipinski definition) is 3. The van der Waals surface area contributed by atoms with Gasteiger partial charge in [-0.05, 0) is 40.1 Å². The van der Waals surface area contributed by atoms with Crippen molar-refractivity contribution in [1.29, 1.82) is 5.26 Å². The normalized spacial score (nSPS) is 11.4. The van der Waals surface area contributed by atoms with Gasteiger partial charge in [0.2, 0.25) is 0 Å². The molecule has 0 N–H and O–H groups in total. The molecule has 0 atom stereocenters. The third kappa shape index (κ3) is 3.72. The van der Waals surface area contributed by atoms with E-state index in [0.29, 0.717) is 12.4 Å². The molecule has 0 heterocycles. The van der Waals surface area contributed by atoms with Crippen molar-refractivity contribution < 1.29 is 9.13 Å². The molecule has 0 aromatic heterocycles. The van der Waals surface area contributed by atoms with Crippen molar-refractivity contribution in [2.75, 3.05) is 20.7 Å². The van der Waals surface area contributed by atoms with Crippen LogP contribution in [0.3, 0.4) is 0 Å². The van der Waals surface area contributed by atoms with Gasteiger partial charge >= 0.3 is 0 Å². The molecule has 0 aliphatic rings. The van der Waals surface area contributed by atoms with Crippen LogP contribution in [0.25, 0.3) is 0 Å². The summed E-state index contributed by atoms with van der Waals surface area (Å²) in [7, 11) is 3.91. The minimum atomic E-state index is -0.457. The van der Waals surface area contributed by atoms with Crippen molar-refractivity contribution in [1.82, 2.24) is 4.90 Å². The summed E-state index contributed by atoms with van der Waals surface area (Å²) in [6.45, 7) is 4.48. The van der Waals surface area contributed by atoms with Crippen molar-refractivity contribution in [3.8, 4) is 11.8 Å². The van der Waals surface area contributed by atoms with Crippen LogP contribution < -0.4 is 4.74 Å². The van der Waals surface area contributed by atoms with E-state index < -0.39 is 5.82 Å². The van der Waals surface area contributed by atoms with E-state index in [-0.39, 0.29) is 11.1 Å². The first kappa shape index (κ1) is 13.5. The molecule has 92 valence electrons. The first-order valence-electron chi connectivity index (χ1n) is 5.36. The van der Waals surface area contributed by atoms with Gasteiger partial charge < -0.3 is 9.64 Å². The average molecular weight is 236 g/mol. The van der Waals surface area contributed by atoms with Crippen LogP contribution in [0.2, 0.25) is 0 Å². The Kier molecular flexibility index (Phi) is 4.08. The van der Waals surface area contributed by atoms with Gasteiger partial charge in [0.05, 0.1) is 11.6 Å².